The summed E-state index contributed by atoms with van der Waals surface area (Å²) < 4.78 is 10.2. The second-order valence-corrected chi connectivity index (χ2v) is 4.02. The lowest BCUT2D eigenvalue weighted by Gasteiger charge is -2.18. The Bertz CT molecular complexity index is 298. The van der Waals surface area contributed by atoms with Gasteiger partial charge in [0.1, 0.15) is 0 Å². The van der Waals surface area contributed by atoms with Crippen LogP contribution in [0, 0.1) is 0 Å². The number of rotatable bonds is 6. The van der Waals surface area contributed by atoms with E-state index in [1.165, 1.54) is 5.56 Å². The summed E-state index contributed by atoms with van der Waals surface area (Å²) in [5, 5.41) is 4.08. The summed E-state index contributed by atoms with van der Waals surface area (Å²) in [7, 11) is 3.26. The van der Waals surface area contributed by atoms with Gasteiger partial charge in [-0.25, -0.2) is 0 Å². The Morgan fingerprint density at radius 2 is 1.75 bits per heavy atom. The van der Waals surface area contributed by atoms with Gasteiger partial charge in [-0.15, -0.1) is 0 Å². The van der Waals surface area contributed by atoms with E-state index in [2.05, 4.69) is 12.2 Å². The van der Waals surface area contributed by atoms with Gasteiger partial charge in [0.15, 0.2) is 6.29 Å². The molecule has 16 heavy (non-hydrogen) atoms. The monoisotopic (exact) mass is 243 g/mol. The lowest BCUT2D eigenvalue weighted by molar-refractivity contribution is -0.0997. The van der Waals surface area contributed by atoms with Gasteiger partial charge in [0, 0.05) is 31.8 Å². The van der Waals surface area contributed by atoms with Crippen LogP contribution in [0.15, 0.2) is 24.3 Å². The Balaban J connectivity index is 2.46. The van der Waals surface area contributed by atoms with Crippen LogP contribution < -0.4 is 5.32 Å². The minimum absolute atomic E-state index is 0.213. The highest BCUT2D eigenvalue weighted by atomic mass is 35.5. The van der Waals surface area contributed by atoms with E-state index < -0.39 is 0 Å². The van der Waals surface area contributed by atoms with Crippen LogP contribution in [0.25, 0.3) is 0 Å². The van der Waals surface area contributed by atoms with E-state index in [0.717, 1.165) is 5.02 Å². The van der Waals surface area contributed by atoms with Gasteiger partial charge in [-0.05, 0) is 24.6 Å². The van der Waals surface area contributed by atoms with Crippen LogP contribution >= 0.6 is 11.6 Å². The first-order valence-corrected chi connectivity index (χ1v) is 5.59. The number of hydrogen-bond donors (Lipinski definition) is 1. The summed E-state index contributed by atoms with van der Waals surface area (Å²) in [5.41, 5.74) is 1.19. The topological polar surface area (TPSA) is 30.5 Å². The predicted molar refractivity (Wildman–Crippen MR) is 65.7 cm³/mol. The molecule has 4 heteroatoms. The number of nitrogens with one attached hydrogen (secondary N) is 1. The zero-order valence-corrected chi connectivity index (χ0v) is 10.6. The first-order valence-electron chi connectivity index (χ1n) is 5.21. The molecule has 0 heterocycles. The molecule has 0 aromatic heterocycles. The summed E-state index contributed by atoms with van der Waals surface area (Å²) in [6, 6.07) is 8.03. The molecular formula is C12H18ClNO2. The molecule has 0 radical (unpaired) electrons. The molecular weight excluding hydrogens is 226 g/mol. The van der Waals surface area contributed by atoms with Crippen molar-refractivity contribution in [3.8, 4) is 0 Å². The maximum atomic E-state index is 5.83. The van der Waals surface area contributed by atoms with Gasteiger partial charge in [-0.1, -0.05) is 23.7 Å². The van der Waals surface area contributed by atoms with E-state index in [9.17, 15) is 0 Å². The normalized spacial score (nSPS) is 13.1. The van der Waals surface area contributed by atoms with Crippen LogP contribution in [0.3, 0.4) is 0 Å². The second kappa shape index (κ2) is 6.86. The number of ether oxygens (including phenoxy) is 2. The predicted octanol–water partition coefficient (Wildman–Crippen LogP) is 2.61. The third kappa shape index (κ3) is 4.10. The van der Waals surface area contributed by atoms with Gasteiger partial charge in [0.2, 0.25) is 0 Å². The zero-order chi connectivity index (χ0) is 12.0. The number of methoxy groups -OCH3 is 2. The molecule has 0 saturated carbocycles. The van der Waals surface area contributed by atoms with Crippen molar-refractivity contribution < 1.29 is 9.47 Å². The molecule has 0 aliphatic heterocycles. The quantitative estimate of drug-likeness (QED) is 0.780. The van der Waals surface area contributed by atoms with Crippen molar-refractivity contribution in [2.24, 2.45) is 0 Å². The Morgan fingerprint density at radius 3 is 2.25 bits per heavy atom. The van der Waals surface area contributed by atoms with E-state index in [-0.39, 0.29) is 12.3 Å². The first-order chi connectivity index (χ1) is 7.67. The molecule has 90 valence electrons. The zero-order valence-electron chi connectivity index (χ0n) is 9.87. The molecule has 0 aliphatic carbocycles. The fourth-order valence-electron chi connectivity index (χ4n) is 1.41. The fourth-order valence-corrected chi connectivity index (χ4v) is 1.53. The van der Waals surface area contributed by atoms with E-state index in [0.29, 0.717) is 6.54 Å². The van der Waals surface area contributed by atoms with Crippen molar-refractivity contribution in [2.75, 3.05) is 20.8 Å². The third-order valence-corrected chi connectivity index (χ3v) is 2.74. The molecule has 0 bridgehead atoms. The summed E-state index contributed by atoms with van der Waals surface area (Å²) >= 11 is 5.83. The van der Waals surface area contributed by atoms with Crippen LogP contribution in [0.5, 0.6) is 0 Å². The molecule has 3 nitrogen and oxygen atoms in total. The van der Waals surface area contributed by atoms with Crippen LogP contribution in [-0.4, -0.2) is 27.1 Å². The Labute approximate surface area is 102 Å². The first kappa shape index (κ1) is 13.5. The van der Waals surface area contributed by atoms with Gasteiger partial charge < -0.3 is 14.8 Å². The Hall–Kier alpha value is -0.610. The SMILES string of the molecule is COC(CN[C@@H](C)c1ccc(Cl)cc1)OC. The average molecular weight is 244 g/mol. The van der Waals surface area contributed by atoms with Crippen molar-refractivity contribution in [1.82, 2.24) is 5.32 Å². The van der Waals surface area contributed by atoms with E-state index in [1.807, 2.05) is 24.3 Å². The van der Waals surface area contributed by atoms with Crippen molar-refractivity contribution in [3.63, 3.8) is 0 Å². The average Bonchev–Trinajstić information content (AvgIpc) is 2.31. The second-order valence-electron chi connectivity index (χ2n) is 3.58. The molecule has 0 saturated heterocycles. The summed E-state index contributed by atoms with van der Waals surface area (Å²) in [5.74, 6) is 0. The fraction of sp³-hybridized carbons (Fsp3) is 0.500. The van der Waals surface area contributed by atoms with Crippen LogP contribution in [0.1, 0.15) is 18.5 Å². The molecule has 1 aromatic rings. The van der Waals surface area contributed by atoms with Gasteiger partial charge >= 0.3 is 0 Å². The van der Waals surface area contributed by atoms with Gasteiger partial charge in [-0.3, -0.25) is 0 Å². The molecule has 0 spiro atoms. The lowest BCUT2D eigenvalue weighted by Crippen LogP contribution is -2.31. The van der Waals surface area contributed by atoms with E-state index in [4.69, 9.17) is 21.1 Å². The molecule has 0 amide bonds. The van der Waals surface area contributed by atoms with Gasteiger partial charge in [-0.2, -0.15) is 0 Å². The summed E-state index contributed by atoms with van der Waals surface area (Å²) in [4.78, 5) is 0. The molecule has 0 unspecified atom stereocenters. The standard InChI is InChI=1S/C12H18ClNO2/c1-9(14-8-12(15-2)16-3)10-4-6-11(13)7-5-10/h4-7,9,12,14H,8H2,1-3H3/t9-/m0/s1. The highest BCUT2D eigenvalue weighted by Crippen LogP contribution is 2.15. The number of benzene rings is 1. The van der Waals surface area contributed by atoms with Crippen molar-refractivity contribution in [2.45, 2.75) is 19.3 Å². The minimum Gasteiger partial charge on any atom is -0.355 e. The molecule has 1 atom stereocenters. The van der Waals surface area contributed by atoms with Crippen molar-refractivity contribution in [3.05, 3.63) is 34.9 Å². The summed E-state index contributed by atoms with van der Waals surface area (Å²) in [6.45, 7) is 2.74. The van der Waals surface area contributed by atoms with E-state index in [1.54, 1.807) is 14.2 Å². The number of hydrogen-bond acceptors (Lipinski definition) is 3. The van der Waals surface area contributed by atoms with E-state index >= 15 is 0 Å². The maximum Gasteiger partial charge on any atom is 0.169 e. The molecule has 1 aromatic carbocycles. The highest BCUT2D eigenvalue weighted by molar-refractivity contribution is 6.30. The Kier molecular flexibility index (Phi) is 5.77. The number of halogens is 1. The van der Waals surface area contributed by atoms with Crippen LogP contribution in [0.4, 0.5) is 0 Å². The summed E-state index contributed by atoms with van der Waals surface area (Å²) in [6.07, 6.45) is -0.213. The highest BCUT2D eigenvalue weighted by Gasteiger charge is 2.09. The third-order valence-electron chi connectivity index (χ3n) is 2.49. The van der Waals surface area contributed by atoms with Gasteiger partial charge in [0.25, 0.3) is 0 Å². The molecule has 1 rings (SSSR count). The molecule has 0 aliphatic rings. The minimum atomic E-state index is -0.213. The smallest absolute Gasteiger partial charge is 0.169 e. The maximum absolute atomic E-state index is 5.83. The van der Waals surface area contributed by atoms with Gasteiger partial charge in [0.05, 0.1) is 0 Å². The van der Waals surface area contributed by atoms with Crippen LogP contribution in [0.2, 0.25) is 5.02 Å². The largest absolute Gasteiger partial charge is 0.355 e. The molecule has 0 fully saturated rings. The lowest BCUT2D eigenvalue weighted by atomic mass is 10.1. The molecule has 1 N–H and O–H groups in total. The Morgan fingerprint density at radius 1 is 1.19 bits per heavy atom. The van der Waals surface area contributed by atoms with Crippen molar-refractivity contribution >= 4 is 11.6 Å². The van der Waals surface area contributed by atoms with Crippen molar-refractivity contribution in [1.29, 1.82) is 0 Å². The van der Waals surface area contributed by atoms with Crippen LogP contribution in [-0.2, 0) is 9.47 Å².